The molecular weight excluding hydrogens is 366 g/mol. The lowest BCUT2D eigenvalue weighted by molar-refractivity contribution is -0.119. The highest BCUT2D eigenvalue weighted by atomic mass is 16.2. The molecule has 0 spiro atoms. The summed E-state index contributed by atoms with van der Waals surface area (Å²) in [7, 11) is 0. The van der Waals surface area contributed by atoms with Gasteiger partial charge in [-0.25, -0.2) is 0 Å². The van der Waals surface area contributed by atoms with Crippen molar-refractivity contribution in [3.8, 4) is 0 Å². The van der Waals surface area contributed by atoms with E-state index in [1.807, 2.05) is 48.5 Å². The van der Waals surface area contributed by atoms with Gasteiger partial charge in [-0.15, -0.1) is 0 Å². The molecule has 6 heteroatoms. The third-order valence-corrected chi connectivity index (χ3v) is 5.45. The number of hydrogen-bond acceptors (Lipinski definition) is 3. The van der Waals surface area contributed by atoms with Crippen LogP contribution < -0.4 is 15.1 Å². The molecule has 6 nitrogen and oxygen atoms in total. The largest absolute Gasteiger partial charge is 0.326 e. The zero-order valence-corrected chi connectivity index (χ0v) is 16.4. The lowest BCUT2D eigenvalue weighted by Crippen LogP contribution is -2.35. The normalized spacial score (nSPS) is 17.0. The number of hydrogen-bond donors (Lipinski definition) is 1. The zero-order chi connectivity index (χ0) is 20.2. The van der Waals surface area contributed by atoms with E-state index in [1.165, 1.54) is 0 Å². The topological polar surface area (TPSA) is 69.7 Å². The summed E-state index contributed by atoms with van der Waals surface area (Å²) in [5, 5.41) is 2.92. The van der Waals surface area contributed by atoms with Gasteiger partial charge in [0.1, 0.15) is 0 Å². The molecule has 2 aliphatic rings. The van der Waals surface area contributed by atoms with Gasteiger partial charge in [0, 0.05) is 43.0 Å². The summed E-state index contributed by atoms with van der Waals surface area (Å²) >= 11 is 0. The van der Waals surface area contributed by atoms with Crippen LogP contribution >= 0.6 is 0 Å². The fourth-order valence-corrected chi connectivity index (χ4v) is 3.94. The molecule has 2 fully saturated rings. The van der Waals surface area contributed by atoms with Crippen LogP contribution in [0.3, 0.4) is 0 Å². The van der Waals surface area contributed by atoms with Crippen LogP contribution in [0.1, 0.15) is 37.7 Å². The van der Waals surface area contributed by atoms with E-state index in [9.17, 15) is 14.4 Å². The summed E-state index contributed by atoms with van der Waals surface area (Å²) in [4.78, 5) is 40.0. The van der Waals surface area contributed by atoms with Gasteiger partial charge in [0.2, 0.25) is 17.7 Å². The van der Waals surface area contributed by atoms with Crippen LogP contribution in [0.5, 0.6) is 0 Å². The Labute approximate surface area is 170 Å². The van der Waals surface area contributed by atoms with Gasteiger partial charge in [0.25, 0.3) is 0 Å². The minimum Gasteiger partial charge on any atom is -0.326 e. The van der Waals surface area contributed by atoms with Gasteiger partial charge in [-0.3, -0.25) is 14.4 Å². The van der Waals surface area contributed by atoms with E-state index in [2.05, 4.69) is 5.32 Å². The summed E-state index contributed by atoms with van der Waals surface area (Å²) < 4.78 is 0. The molecule has 2 aromatic rings. The van der Waals surface area contributed by atoms with E-state index in [1.54, 1.807) is 9.80 Å². The van der Waals surface area contributed by atoms with Crippen LogP contribution in [-0.2, 0) is 20.8 Å². The molecule has 4 rings (SSSR count). The van der Waals surface area contributed by atoms with Crippen molar-refractivity contribution in [2.75, 3.05) is 28.2 Å². The van der Waals surface area contributed by atoms with Gasteiger partial charge in [-0.05, 0) is 55.2 Å². The highest BCUT2D eigenvalue weighted by Gasteiger charge is 2.22. The second-order valence-corrected chi connectivity index (χ2v) is 7.59. The number of carbonyl (C=O) groups excluding carboxylic acids is 3. The maximum absolute atomic E-state index is 12.5. The van der Waals surface area contributed by atoms with E-state index >= 15 is 0 Å². The van der Waals surface area contributed by atoms with Gasteiger partial charge in [0.05, 0.1) is 6.42 Å². The Morgan fingerprint density at radius 3 is 2.24 bits per heavy atom. The maximum Gasteiger partial charge on any atom is 0.228 e. The third kappa shape index (κ3) is 4.47. The average molecular weight is 391 g/mol. The van der Waals surface area contributed by atoms with Crippen molar-refractivity contribution >= 4 is 34.8 Å². The minimum absolute atomic E-state index is 0.114. The number of benzene rings is 2. The number of anilines is 3. The molecule has 0 unspecified atom stereocenters. The van der Waals surface area contributed by atoms with E-state index < -0.39 is 0 Å². The minimum atomic E-state index is -0.114. The van der Waals surface area contributed by atoms with Crippen molar-refractivity contribution < 1.29 is 14.4 Å². The Kier molecular flexibility index (Phi) is 5.60. The molecular formula is C23H25N3O3. The first-order valence-corrected chi connectivity index (χ1v) is 10.2. The molecule has 0 bridgehead atoms. The molecule has 0 aliphatic carbocycles. The van der Waals surface area contributed by atoms with Crippen LogP contribution in [0, 0.1) is 0 Å². The second-order valence-electron chi connectivity index (χ2n) is 7.59. The number of rotatable bonds is 5. The summed E-state index contributed by atoms with van der Waals surface area (Å²) in [6.07, 6.45) is 4.27. The summed E-state index contributed by atoms with van der Waals surface area (Å²) in [5.74, 6) is 0.177. The Bertz CT molecular complexity index is 923. The van der Waals surface area contributed by atoms with E-state index in [4.69, 9.17) is 0 Å². The zero-order valence-electron chi connectivity index (χ0n) is 16.4. The molecule has 0 saturated carbocycles. The van der Waals surface area contributed by atoms with Crippen molar-refractivity contribution in [3.05, 3.63) is 54.1 Å². The molecule has 0 atom stereocenters. The molecule has 0 radical (unpaired) electrons. The van der Waals surface area contributed by atoms with Crippen LogP contribution in [0.15, 0.2) is 48.5 Å². The SMILES string of the molecule is O=C(Cc1ccc(N2CCCC2=O)cc1)Nc1cccc(N2CCCCC2=O)c1. The van der Waals surface area contributed by atoms with E-state index in [-0.39, 0.29) is 24.1 Å². The van der Waals surface area contributed by atoms with Crippen LogP contribution in [0.4, 0.5) is 17.1 Å². The number of carbonyl (C=O) groups is 3. The first-order valence-electron chi connectivity index (χ1n) is 10.2. The smallest absolute Gasteiger partial charge is 0.228 e. The predicted octanol–water partition coefficient (Wildman–Crippen LogP) is 3.51. The van der Waals surface area contributed by atoms with Crippen molar-refractivity contribution in [1.29, 1.82) is 0 Å². The molecule has 2 heterocycles. The van der Waals surface area contributed by atoms with Crippen molar-refractivity contribution in [2.24, 2.45) is 0 Å². The number of piperidine rings is 1. The maximum atomic E-state index is 12.5. The lowest BCUT2D eigenvalue weighted by atomic mass is 10.1. The Morgan fingerprint density at radius 1 is 0.828 bits per heavy atom. The molecule has 2 aromatic carbocycles. The van der Waals surface area contributed by atoms with E-state index in [0.29, 0.717) is 18.5 Å². The number of amides is 3. The predicted molar refractivity (Wildman–Crippen MR) is 113 cm³/mol. The molecule has 2 saturated heterocycles. The molecule has 29 heavy (non-hydrogen) atoms. The molecule has 1 N–H and O–H groups in total. The Balaban J connectivity index is 1.38. The van der Waals surface area contributed by atoms with Gasteiger partial charge < -0.3 is 15.1 Å². The highest BCUT2D eigenvalue weighted by Crippen LogP contribution is 2.24. The lowest BCUT2D eigenvalue weighted by Gasteiger charge is -2.27. The van der Waals surface area contributed by atoms with Crippen LogP contribution in [0.2, 0.25) is 0 Å². The fourth-order valence-electron chi connectivity index (χ4n) is 3.94. The summed E-state index contributed by atoms with van der Waals surface area (Å²) in [5.41, 5.74) is 3.29. The standard InChI is InChI=1S/C23H25N3O3/c27-21(15-17-9-11-19(12-10-17)25-14-4-8-23(25)29)24-18-5-3-6-20(16-18)26-13-2-1-7-22(26)28/h3,5-6,9-12,16H,1-2,4,7-8,13-15H2,(H,24,27). The van der Waals surface area contributed by atoms with E-state index in [0.717, 1.165) is 49.3 Å². The Hall–Kier alpha value is -3.15. The first kappa shape index (κ1) is 19.2. The molecule has 150 valence electrons. The second kappa shape index (κ2) is 8.47. The monoisotopic (exact) mass is 391 g/mol. The molecule has 0 aromatic heterocycles. The quantitative estimate of drug-likeness (QED) is 0.848. The number of nitrogens with zero attached hydrogens (tertiary/aromatic N) is 2. The van der Waals surface area contributed by atoms with Gasteiger partial charge in [-0.2, -0.15) is 0 Å². The van der Waals surface area contributed by atoms with Crippen LogP contribution in [-0.4, -0.2) is 30.8 Å². The van der Waals surface area contributed by atoms with Crippen molar-refractivity contribution in [3.63, 3.8) is 0 Å². The van der Waals surface area contributed by atoms with Gasteiger partial charge >= 0.3 is 0 Å². The first-order chi connectivity index (χ1) is 14.1. The van der Waals surface area contributed by atoms with Crippen molar-refractivity contribution in [2.45, 2.75) is 38.5 Å². The molecule has 2 aliphatic heterocycles. The summed E-state index contributed by atoms with van der Waals surface area (Å²) in [6.45, 7) is 1.48. The molecule has 3 amide bonds. The van der Waals surface area contributed by atoms with Crippen LogP contribution in [0.25, 0.3) is 0 Å². The highest BCUT2D eigenvalue weighted by molar-refractivity contribution is 5.97. The van der Waals surface area contributed by atoms with Crippen molar-refractivity contribution in [1.82, 2.24) is 0 Å². The fraction of sp³-hybridized carbons (Fsp3) is 0.348. The Morgan fingerprint density at radius 2 is 1.52 bits per heavy atom. The summed E-state index contributed by atoms with van der Waals surface area (Å²) in [6, 6.07) is 15.0. The van der Waals surface area contributed by atoms with Gasteiger partial charge in [0.15, 0.2) is 0 Å². The van der Waals surface area contributed by atoms with Gasteiger partial charge in [-0.1, -0.05) is 18.2 Å². The third-order valence-electron chi connectivity index (χ3n) is 5.45. The number of nitrogens with one attached hydrogen (secondary N) is 1. The average Bonchev–Trinajstić information content (AvgIpc) is 3.15.